The van der Waals surface area contributed by atoms with Crippen LogP contribution in [0.25, 0.3) is 0 Å². The Balaban J connectivity index is 1.61. The van der Waals surface area contributed by atoms with Crippen molar-refractivity contribution in [2.24, 2.45) is 0 Å². The van der Waals surface area contributed by atoms with Crippen LogP contribution in [0.5, 0.6) is 0 Å². The normalized spacial score (nSPS) is 14.6. The molecular weight excluding hydrogens is 439 g/mol. The van der Waals surface area contributed by atoms with Crippen LogP contribution in [-0.4, -0.2) is 28.8 Å². The molecule has 1 saturated carbocycles. The topological polar surface area (TPSA) is 49.4 Å². The average Bonchev–Trinajstić information content (AvgIpc) is 3.40. The lowest BCUT2D eigenvalue weighted by Crippen LogP contribution is -2.50. The van der Waals surface area contributed by atoms with Gasteiger partial charge in [-0.2, -0.15) is 0 Å². The number of carbonyl (C=O) groups excluding carboxylic acids is 2. The second-order valence-corrected chi connectivity index (χ2v) is 9.36. The Bertz CT molecular complexity index is 1070. The number of amides is 2. The quantitative estimate of drug-likeness (QED) is 0.426. The minimum atomic E-state index is -0.713. The van der Waals surface area contributed by atoms with E-state index in [1.165, 1.54) is 11.0 Å². The van der Waals surface area contributed by atoms with E-state index in [0.717, 1.165) is 36.8 Å². The van der Waals surface area contributed by atoms with E-state index in [9.17, 15) is 14.0 Å². The number of halogens is 1. The minimum absolute atomic E-state index is 0.0427. The van der Waals surface area contributed by atoms with Gasteiger partial charge in [0.2, 0.25) is 11.8 Å². The van der Waals surface area contributed by atoms with E-state index < -0.39 is 6.04 Å². The van der Waals surface area contributed by atoms with Crippen molar-refractivity contribution in [1.82, 2.24) is 10.2 Å². The van der Waals surface area contributed by atoms with Crippen LogP contribution in [-0.2, 0) is 16.1 Å². The van der Waals surface area contributed by atoms with Gasteiger partial charge in [0.15, 0.2) is 0 Å². The summed E-state index contributed by atoms with van der Waals surface area (Å²) >= 11 is 0. The number of nitrogens with zero attached hydrogens (tertiary/aromatic N) is 1. The van der Waals surface area contributed by atoms with Gasteiger partial charge in [0.25, 0.3) is 0 Å². The van der Waals surface area contributed by atoms with Crippen LogP contribution < -0.4 is 5.32 Å². The molecule has 1 aliphatic carbocycles. The van der Waals surface area contributed by atoms with Gasteiger partial charge < -0.3 is 10.2 Å². The van der Waals surface area contributed by atoms with Gasteiger partial charge in [-0.3, -0.25) is 9.59 Å². The highest BCUT2D eigenvalue weighted by Gasteiger charge is 2.31. The first-order chi connectivity index (χ1) is 17.0. The molecule has 3 aromatic carbocycles. The summed E-state index contributed by atoms with van der Waals surface area (Å²) in [5, 5.41) is 3.10. The third-order valence-electron chi connectivity index (χ3n) is 6.95. The second-order valence-electron chi connectivity index (χ2n) is 9.36. The molecule has 0 saturated heterocycles. The Morgan fingerprint density at radius 3 is 2.00 bits per heavy atom. The van der Waals surface area contributed by atoms with Crippen LogP contribution in [0.4, 0.5) is 4.39 Å². The molecule has 0 radical (unpaired) electrons. The molecule has 1 aliphatic rings. The van der Waals surface area contributed by atoms with Gasteiger partial charge in [-0.05, 0) is 37.0 Å². The van der Waals surface area contributed by atoms with Crippen molar-refractivity contribution < 1.29 is 14.0 Å². The van der Waals surface area contributed by atoms with Gasteiger partial charge in [-0.25, -0.2) is 4.39 Å². The fraction of sp³-hybridized carbons (Fsp3) is 0.333. The molecule has 35 heavy (non-hydrogen) atoms. The summed E-state index contributed by atoms with van der Waals surface area (Å²) in [6.45, 7) is 1.78. The van der Waals surface area contributed by atoms with E-state index in [-0.39, 0.29) is 42.6 Å². The zero-order valence-electron chi connectivity index (χ0n) is 20.2. The van der Waals surface area contributed by atoms with Gasteiger partial charge in [-0.1, -0.05) is 91.7 Å². The molecular formula is C30H33FN2O2. The van der Waals surface area contributed by atoms with Crippen LogP contribution in [0.2, 0.25) is 0 Å². The Labute approximate surface area is 207 Å². The van der Waals surface area contributed by atoms with Gasteiger partial charge in [-0.15, -0.1) is 0 Å². The predicted molar refractivity (Wildman–Crippen MR) is 136 cm³/mol. The Morgan fingerprint density at radius 2 is 1.43 bits per heavy atom. The van der Waals surface area contributed by atoms with Crippen molar-refractivity contribution in [3.05, 3.63) is 107 Å². The fourth-order valence-corrected chi connectivity index (χ4v) is 4.88. The van der Waals surface area contributed by atoms with Crippen molar-refractivity contribution in [3.8, 4) is 0 Å². The van der Waals surface area contributed by atoms with Crippen LogP contribution in [0.1, 0.15) is 61.6 Å². The minimum Gasteiger partial charge on any atom is -0.352 e. The van der Waals surface area contributed by atoms with Gasteiger partial charge in [0.1, 0.15) is 11.9 Å². The maximum atomic E-state index is 14.6. The van der Waals surface area contributed by atoms with Crippen LogP contribution in [0, 0.1) is 5.82 Å². The number of hydrogen-bond acceptors (Lipinski definition) is 2. The molecule has 5 heteroatoms. The zero-order chi connectivity index (χ0) is 24.6. The second kappa shape index (κ2) is 11.8. The number of hydrogen-bond donors (Lipinski definition) is 1. The van der Waals surface area contributed by atoms with E-state index in [1.807, 2.05) is 60.7 Å². The molecule has 0 unspecified atom stereocenters. The lowest BCUT2D eigenvalue weighted by Gasteiger charge is -2.31. The zero-order valence-corrected chi connectivity index (χ0v) is 20.2. The summed E-state index contributed by atoms with van der Waals surface area (Å²) in [5.74, 6) is -0.910. The molecule has 3 aromatic rings. The average molecular weight is 473 g/mol. The smallest absolute Gasteiger partial charge is 0.242 e. The molecule has 0 aromatic heterocycles. The van der Waals surface area contributed by atoms with Crippen molar-refractivity contribution in [2.45, 2.75) is 63.6 Å². The molecule has 2 amide bonds. The van der Waals surface area contributed by atoms with E-state index >= 15 is 0 Å². The summed E-state index contributed by atoms with van der Waals surface area (Å²) in [4.78, 5) is 28.5. The molecule has 0 spiro atoms. The van der Waals surface area contributed by atoms with Gasteiger partial charge >= 0.3 is 0 Å². The first-order valence-electron chi connectivity index (χ1n) is 12.5. The summed E-state index contributed by atoms with van der Waals surface area (Å²) in [7, 11) is 0. The van der Waals surface area contributed by atoms with Gasteiger partial charge in [0, 0.05) is 30.5 Å². The van der Waals surface area contributed by atoms with Crippen LogP contribution in [0.3, 0.4) is 0 Å². The van der Waals surface area contributed by atoms with Crippen molar-refractivity contribution in [1.29, 1.82) is 0 Å². The Morgan fingerprint density at radius 1 is 0.886 bits per heavy atom. The maximum Gasteiger partial charge on any atom is 0.242 e. The SMILES string of the molecule is C[C@H](C(=O)NC1CCCC1)N(Cc1ccccc1F)C(=O)CC(c1ccccc1)c1ccccc1. The maximum absolute atomic E-state index is 14.6. The lowest BCUT2D eigenvalue weighted by atomic mass is 9.88. The first-order valence-corrected chi connectivity index (χ1v) is 12.5. The predicted octanol–water partition coefficient (Wildman–Crippen LogP) is 5.82. The van der Waals surface area contributed by atoms with Crippen molar-refractivity contribution >= 4 is 11.8 Å². The number of benzene rings is 3. The highest BCUT2D eigenvalue weighted by Crippen LogP contribution is 2.29. The third-order valence-corrected chi connectivity index (χ3v) is 6.95. The number of carbonyl (C=O) groups is 2. The highest BCUT2D eigenvalue weighted by molar-refractivity contribution is 5.88. The molecule has 0 bridgehead atoms. The van der Waals surface area contributed by atoms with E-state index in [2.05, 4.69) is 5.32 Å². The van der Waals surface area contributed by atoms with E-state index in [4.69, 9.17) is 0 Å². The van der Waals surface area contributed by atoms with Crippen molar-refractivity contribution in [2.75, 3.05) is 0 Å². The highest BCUT2D eigenvalue weighted by atomic mass is 19.1. The molecule has 1 atom stereocenters. The summed E-state index contributed by atoms with van der Waals surface area (Å²) < 4.78 is 14.6. The molecule has 1 fully saturated rings. The first kappa shape index (κ1) is 24.6. The van der Waals surface area contributed by atoms with E-state index in [0.29, 0.717) is 5.56 Å². The summed E-state index contributed by atoms with van der Waals surface area (Å²) in [6.07, 6.45) is 4.32. The van der Waals surface area contributed by atoms with Crippen LogP contribution in [0.15, 0.2) is 84.9 Å². The molecule has 0 aliphatic heterocycles. The molecule has 182 valence electrons. The van der Waals surface area contributed by atoms with Crippen LogP contribution >= 0.6 is 0 Å². The largest absolute Gasteiger partial charge is 0.352 e. The summed E-state index contributed by atoms with van der Waals surface area (Å²) in [6, 6.07) is 25.7. The Hall–Kier alpha value is -3.47. The lowest BCUT2D eigenvalue weighted by molar-refractivity contribution is -0.141. The number of rotatable bonds is 9. The molecule has 0 heterocycles. The monoisotopic (exact) mass is 472 g/mol. The molecule has 1 N–H and O–H groups in total. The Kier molecular flexibility index (Phi) is 8.30. The van der Waals surface area contributed by atoms with Gasteiger partial charge in [0.05, 0.1) is 0 Å². The standard InChI is InChI=1S/C30H33FN2O2/c1-22(30(35)32-26-17-9-10-18-26)33(21-25-16-8-11-19-28(25)31)29(34)20-27(23-12-4-2-5-13-23)24-14-6-3-7-15-24/h2-8,11-16,19,22,26-27H,9-10,17-18,20-21H2,1H3,(H,32,35)/t22-/m1/s1. The molecule has 4 rings (SSSR count). The fourth-order valence-electron chi connectivity index (χ4n) is 4.88. The number of nitrogens with one attached hydrogen (secondary N) is 1. The van der Waals surface area contributed by atoms with E-state index in [1.54, 1.807) is 25.1 Å². The van der Waals surface area contributed by atoms with Crippen molar-refractivity contribution in [3.63, 3.8) is 0 Å². The third kappa shape index (κ3) is 6.36. The summed E-state index contributed by atoms with van der Waals surface area (Å²) in [5.41, 5.74) is 2.46. The molecule has 4 nitrogen and oxygen atoms in total.